The molecule has 1 aromatic heterocycles. The van der Waals surface area contributed by atoms with Gasteiger partial charge in [-0.25, -0.2) is 0 Å². The number of fused-ring (bicyclic) bond motifs is 23. The molecule has 0 saturated carbocycles. The molecule has 0 unspecified atom stereocenters. The minimum absolute atomic E-state index is 0.482. The molecule has 0 radical (unpaired) electrons. The Morgan fingerprint density at radius 2 is 0.600 bits per heavy atom. The molecule has 4 aliphatic rings. The molecule has 1 nitrogen and oxygen atoms in total. The van der Waals surface area contributed by atoms with E-state index in [-0.39, 0.29) is 0 Å². The van der Waals surface area contributed by atoms with Gasteiger partial charge in [-0.05, 0) is 125 Å². The Kier molecular flexibility index (Phi) is 7.69. The normalized spacial score (nSPS) is 14.2. The van der Waals surface area contributed by atoms with Gasteiger partial charge < -0.3 is 4.90 Å². The molecule has 0 bridgehead atoms. The maximum absolute atomic E-state index is 2.58. The maximum atomic E-state index is 2.58. The van der Waals surface area contributed by atoms with Crippen molar-refractivity contribution in [3.05, 3.63) is 293 Å². The molecule has 0 aliphatic heterocycles. The Labute approximate surface area is 410 Å². The zero-order chi connectivity index (χ0) is 45.7. The number of para-hydroxylation sites is 1. The zero-order valence-electron chi connectivity index (χ0n) is 38.0. The summed E-state index contributed by atoms with van der Waals surface area (Å²) in [5, 5.41) is 2.60. The summed E-state index contributed by atoms with van der Waals surface area (Å²) in [7, 11) is 0. The summed E-state index contributed by atoms with van der Waals surface area (Å²) in [4.78, 5) is 2.58. The van der Waals surface area contributed by atoms with Crippen LogP contribution in [0.3, 0.4) is 0 Å². The van der Waals surface area contributed by atoms with E-state index in [9.17, 15) is 0 Å². The molecule has 0 atom stereocenters. The molecule has 0 amide bonds. The van der Waals surface area contributed by atoms with Crippen LogP contribution < -0.4 is 4.90 Å². The van der Waals surface area contributed by atoms with Gasteiger partial charge in [0.05, 0.1) is 16.5 Å². The molecular formula is C68H41NS. The van der Waals surface area contributed by atoms with Gasteiger partial charge >= 0.3 is 0 Å². The highest BCUT2D eigenvalue weighted by Gasteiger charge is 2.53. The molecule has 16 rings (SSSR count). The highest BCUT2D eigenvalue weighted by molar-refractivity contribution is 7.26. The largest absolute Gasteiger partial charge is 0.310 e. The Bertz CT molecular complexity index is 3900. The smallest absolute Gasteiger partial charge is 0.0726 e. The van der Waals surface area contributed by atoms with Crippen LogP contribution in [-0.4, -0.2) is 0 Å². The summed E-state index contributed by atoms with van der Waals surface area (Å²) in [6.45, 7) is 0. The molecule has 2 spiro atoms. The summed E-state index contributed by atoms with van der Waals surface area (Å²) in [6, 6.07) is 94.3. The van der Waals surface area contributed by atoms with Crippen LogP contribution in [0.5, 0.6) is 0 Å². The van der Waals surface area contributed by atoms with Crippen LogP contribution in [0.15, 0.2) is 249 Å². The van der Waals surface area contributed by atoms with E-state index in [4.69, 9.17) is 0 Å². The lowest BCUT2D eigenvalue weighted by molar-refractivity contribution is 0.792. The van der Waals surface area contributed by atoms with Crippen LogP contribution in [0.1, 0.15) is 44.5 Å². The first-order valence-corrected chi connectivity index (χ1v) is 25.2. The van der Waals surface area contributed by atoms with Gasteiger partial charge in [-0.1, -0.05) is 212 Å². The average molecular weight is 904 g/mol. The molecule has 4 aliphatic carbocycles. The van der Waals surface area contributed by atoms with Gasteiger partial charge in [0.1, 0.15) is 0 Å². The van der Waals surface area contributed by atoms with E-state index >= 15 is 0 Å². The van der Waals surface area contributed by atoms with Crippen LogP contribution in [-0.2, 0) is 10.8 Å². The number of nitrogens with zero attached hydrogens (tertiary/aromatic N) is 1. The first-order valence-electron chi connectivity index (χ1n) is 24.4. The van der Waals surface area contributed by atoms with E-state index in [2.05, 4.69) is 254 Å². The maximum Gasteiger partial charge on any atom is 0.0726 e. The molecule has 324 valence electrons. The molecule has 12 aromatic rings. The summed E-state index contributed by atoms with van der Waals surface area (Å²) in [5.41, 5.74) is 26.0. The molecule has 2 heteroatoms. The molecule has 1 heterocycles. The Morgan fingerprint density at radius 3 is 1.06 bits per heavy atom. The third-order valence-electron chi connectivity index (χ3n) is 16.3. The van der Waals surface area contributed by atoms with Gasteiger partial charge in [-0.3, -0.25) is 0 Å². The van der Waals surface area contributed by atoms with Crippen molar-refractivity contribution in [3.63, 3.8) is 0 Å². The number of benzene rings is 11. The number of hydrogen-bond donors (Lipinski definition) is 0. The van der Waals surface area contributed by atoms with Gasteiger partial charge in [0.2, 0.25) is 0 Å². The van der Waals surface area contributed by atoms with Crippen LogP contribution in [0.2, 0.25) is 0 Å². The van der Waals surface area contributed by atoms with Crippen molar-refractivity contribution in [1.29, 1.82) is 0 Å². The quantitative estimate of drug-likeness (QED) is 0.170. The van der Waals surface area contributed by atoms with Crippen molar-refractivity contribution in [2.24, 2.45) is 0 Å². The first-order chi connectivity index (χ1) is 34.7. The second kappa shape index (κ2) is 14.0. The monoisotopic (exact) mass is 903 g/mol. The Balaban J connectivity index is 1.000. The fourth-order valence-corrected chi connectivity index (χ4v) is 15.0. The summed E-state index contributed by atoms with van der Waals surface area (Å²) >= 11 is 1.89. The first kappa shape index (κ1) is 38.4. The van der Waals surface area contributed by atoms with Crippen LogP contribution in [0, 0.1) is 0 Å². The second-order valence-electron chi connectivity index (χ2n) is 19.4. The number of anilines is 3. The predicted octanol–water partition coefficient (Wildman–Crippen LogP) is 17.9. The van der Waals surface area contributed by atoms with E-state index in [0.717, 1.165) is 17.1 Å². The minimum atomic E-state index is -0.482. The van der Waals surface area contributed by atoms with Gasteiger partial charge in [-0.2, -0.15) is 0 Å². The molecule has 0 N–H and O–H groups in total. The van der Waals surface area contributed by atoms with Crippen molar-refractivity contribution in [2.45, 2.75) is 10.8 Å². The average Bonchev–Trinajstić information content (AvgIpc) is 4.20. The van der Waals surface area contributed by atoms with Gasteiger partial charge in [0.25, 0.3) is 0 Å². The van der Waals surface area contributed by atoms with Crippen LogP contribution in [0.4, 0.5) is 17.1 Å². The highest BCUT2D eigenvalue weighted by Crippen LogP contribution is 2.65. The Morgan fingerprint density at radius 1 is 0.257 bits per heavy atom. The van der Waals surface area contributed by atoms with Gasteiger partial charge in [-0.15, -0.1) is 11.3 Å². The van der Waals surface area contributed by atoms with E-state index in [1.165, 1.54) is 120 Å². The van der Waals surface area contributed by atoms with Crippen molar-refractivity contribution in [1.82, 2.24) is 0 Å². The van der Waals surface area contributed by atoms with Gasteiger partial charge in [0.15, 0.2) is 0 Å². The van der Waals surface area contributed by atoms with Crippen molar-refractivity contribution in [2.75, 3.05) is 4.90 Å². The topological polar surface area (TPSA) is 3.24 Å². The summed E-state index contributed by atoms with van der Waals surface area (Å²) in [5.74, 6) is 0. The standard InChI is InChI=1S/C68H41NS/c1-9-28-56-44(18-1)45-19-2-10-29-57(45)67(56)60-32-13-5-22-48(60)50-38-36-42(40-62(50)67)69(64-34-15-7-24-52(64)54-26-17-27-55-53-25-8-16-35-65(53)70-66(54)55)43-37-39-51-49-23-6-14-33-61(49)68(63(51)41-43)58-30-11-3-20-46(58)47-21-4-12-31-59(47)68/h1-41H. The summed E-state index contributed by atoms with van der Waals surface area (Å²) < 4.78 is 2.61. The number of thiophene rings is 1. The lowest BCUT2D eigenvalue weighted by Crippen LogP contribution is -2.26. The molecule has 0 fully saturated rings. The third kappa shape index (κ3) is 4.72. The van der Waals surface area contributed by atoms with Crippen molar-refractivity contribution >= 4 is 48.6 Å². The predicted molar refractivity (Wildman–Crippen MR) is 292 cm³/mol. The molecular weight excluding hydrogens is 863 g/mol. The van der Waals surface area contributed by atoms with Crippen LogP contribution >= 0.6 is 11.3 Å². The lowest BCUT2D eigenvalue weighted by atomic mass is 9.70. The summed E-state index contributed by atoms with van der Waals surface area (Å²) in [6.07, 6.45) is 0. The second-order valence-corrected chi connectivity index (χ2v) is 20.4. The van der Waals surface area contributed by atoms with E-state index in [1.54, 1.807) is 0 Å². The molecule has 70 heavy (non-hydrogen) atoms. The number of rotatable bonds is 4. The minimum Gasteiger partial charge on any atom is -0.310 e. The van der Waals surface area contributed by atoms with Crippen molar-refractivity contribution in [3.8, 4) is 55.6 Å². The van der Waals surface area contributed by atoms with E-state index < -0.39 is 10.8 Å². The van der Waals surface area contributed by atoms with Crippen molar-refractivity contribution < 1.29 is 0 Å². The molecule has 11 aromatic carbocycles. The zero-order valence-corrected chi connectivity index (χ0v) is 38.8. The van der Waals surface area contributed by atoms with Crippen LogP contribution in [0.25, 0.3) is 75.8 Å². The fraction of sp³-hybridized carbons (Fsp3) is 0.0294. The van der Waals surface area contributed by atoms with E-state index in [1.807, 2.05) is 11.3 Å². The number of hydrogen-bond acceptors (Lipinski definition) is 2. The SMILES string of the molecule is c1ccc(N(c2ccc3c(c2)C2(c4ccccc4-c4ccccc42)c2ccccc2-3)c2ccc3c(c2)C2(c4ccccc4-c4ccccc42)c2ccccc2-3)c(-c2cccc3c2sc2ccccc23)c1. The lowest BCUT2D eigenvalue weighted by Gasteiger charge is -2.34. The fourth-order valence-electron chi connectivity index (χ4n) is 13.7. The Hall–Kier alpha value is -8.56. The third-order valence-corrected chi connectivity index (χ3v) is 17.5. The molecule has 0 saturated heterocycles. The highest BCUT2D eigenvalue weighted by atomic mass is 32.1. The van der Waals surface area contributed by atoms with E-state index in [0.29, 0.717) is 0 Å². The van der Waals surface area contributed by atoms with Gasteiger partial charge in [0, 0.05) is 42.7 Å².